The van der Waals surface area contributed by atoms with Crippen LogP contribution in [-0.2, 0) is 20.8 Å². The van der Waals surface area contributed by atoms with Crippen LogP contribution in [0.3, 0.4) is 0 Å². The predicted octanol–water partition coefficient (Wildman–Crippen LogP) is 4.73. The molecule has 0 aliphatic carbocycles. The first-order chi connectivity index (χ1) is 23.9. The van der Waals surface area contributed by atoms with E-state index in [1.54, 1.807) is 68.9 Å². The van der Waals surface area contributed by atoms with Crippen molar-refractivity contribution in [1.82, 2.24) is 9.55 Å². The monoisotopic (exact) mass is 683 g/mol. The average molecular weight is 684 g/mol. The Morgan fingerprint density at radius 1 is 1.02 bits per heavy atom. The number of amides is 1. The Labute approximate surface area is 287 Å². The van der Waals surface area contributed by atoms with Crippen molar-refractivity contribution >= 4 is 28.5 Å². The smallest absolute Gasteiger partial charge is 0.364 e. The van der Waals surface area contributed by atoms with Crippen LogP contribution in [0.25, 0.3) is 11.0 Å². The number of carbonyl (C=O) groups is 2. The van der Waals surface area contributed by atoms with Gasteiger partial charge in [0.15, 0.2) is 29.3 Å². The standard InChI is InChI=1S/C37H37N3O10/c1-20-25(17-16-24-28(41)26(34(44)48-30(20)24)39-33(43)23-14-10-7-11-15-23)47-36-29(42)31(32(46-5)37(3,4)50-36)49-35(45)27-21(2)38-19-40(27)18-22-12-8-6-9-13-22/h6-17,19,29,31-32,36,41-42H,18H2,1-5H3,(H,39,43). The van der Waals surface area contributed by atoms with Crippen molar-refractivity contribution < 1.29 is 43.2 Å². The number of nitrogens with zero attached hydrogens (tertiary/aromatic N) is 2. The Balaban J connectivity index is 1.26. The second-order valence-electron chi connectivity index (χ2n) is 12.5. The number of aromatic nitrogens is 2. The molecule has 260 valence electrons. The van der Waals surface area contributed by atoms with Gasteiger partial charge in [0.05, 0.1) is 23.0 Å². The van der Waals surface area contributed by atoms with Gasteiger partial charge in [0.25, 0.3) is 5.91 Å². The number of hydrogen-bond donors (Lipinski definition) is 3. The second kappa shape index (κ2) is 13.8. The van der Waals surface area contributed by atoms with Crippen LogP contribution in [0.15, 0.2) is 88.3 Å². The third-order valence-corrected chi connectivity index (χ3v) is 8.69. The quantitative estimate of drug-likeness (QED) is 0.145. The number of anilines is 1. The zero-order valence-electron chi connectivity index (χ0n) is 28.1. The molecule has 0 radical (unpaired) electrons. The molecule has 1 aliphatic heterocycles. The van der Waals surface area contributed by atoms with Crippen molar-refractivity contribution in [3.63, 3.8) is 0 Å². The van der Waals surface area contributed by atoms with E-state index in [-0.39, 0.29) is 28.0 Å². The van der Waals surface area contributed by atoms with Crippen molar-refractivity contribution in [2.45, 2.75) is 64.4 Å². The highest BCUT2D eigenvalue weighted by atomic mass is 16.7. The normalized spacial score (nSPS) is 20.0. The molecule has 6 rings (SSSR count). The molecule has 3 aromatic carbocycles. The molecule has 1 aliphatic rings. The summed E-state index contributed by atoms with van der Waals surface area (Å²) in [5.41, 5.74) is -0.311. The number of nitrogens with one attached hydrogen (secondary N) is 1. The molecule has 13 heteroatoms. The Kier molecular flexibility index (Phi) is 9.47. The molecule has 2 aromatic heterocycles. The van der Waals surface area contributed by atoms with E-state index in [0.29, 0.717) is 17.8 Å². The van der Waals surface area contributed by atoms with Gasteiger partial charge in [-0.05, 0) is 57.5 Å². The lowest BCUT2D eigenvalue weighted by atomic mass is 9.89. The average Bonchev–Trinajstić information content (AvgIpc) is 3.46. The molecule has 3 N–H and O–H groups in total. The van der Waals surface area contributed by atoms with E-state index < -0.39 is 59.1 Å². The number of methoxy groups -OCH3 is 1. The van der Waals surface area contributed by atoms with Gasteiger partial charge in [-0.15, -0.1) is 0 Å². The molecule has 1 saturated heterocycles. The maximum atomic E-state index is 13.7. The molecule has 3 heterocycles. The number of hydrogen-bond acceptors (Lipinski definition) is 11. The number of benzene rings is 3. The van der Waals surface area contributed by atoms with Crippen LogP contribution in [-0.4, -0.2) is 69.0 Å². The molecular weight excluding hydrogens is 646 g/mol. The number of aromatic hydroxyl groups is 1. The van der Waals surface area contributed by atoms with Gasteiger partial charge in [-0.2, -0.15) is 0 Å². The Morgan fingerprint density at radius 2 is 1.70 bits per heavy atom. The van der Waals surface area contributed by atoms with Gasteiger partial charge in [-0.3, -0.25) is 4.79 Å². The highest BCUT2D eigenvalue weighted by molar-refractivity contribution is 6.06. The van der Waals surface area contributed by atoms with Crippen molar-refractivity contribution in [1.29, 1.82) is 0 Å². The van der Waals surface area contributed by atoms with E-state index in [4.69, 9.17) is 23.4 Å². The predicted molar refractivity (Wildman–Crippen MR) is 181 cm³/mol. The minimum Gasteiger partial charge on any atom is -0.505 e. The van der Waals surface area contributed by atoms with Crippen molar-refractivity contribution in [2.24, 2.45) is 0 Å². The molecule has 4 atom stereocenters. The van der Waals surface area contributed by atoms with Crippen LogP contribution in [0, 0.1) is 13.8 Å². The SMILES string of the molecule is COC1C(OC(=O)c2c(C)ncn2Cc2ccccc2)C(O)C(Oc2ccc3c(O)c(NC(=O)c4ccccc4)c(=O)oc3c2C)OC1(C)C. The molecule has 1 fully saturated rings. The minimum atomic E-state index is -1.53. The number of aliphatic hydroxyl groups is 1. The summed E-state index contributed by atoms with van der Waals surface area (Å²) in [6, 6.07) is 20.7. The highest BCUT2D eigenvalue weighted by Gasteiger charge is 2.53. The summed E-state index contributed by atoms with van der Waals surface area (Å²) < 4.78 is 31.2. The zero-order chi connectivity index (χ0) is 35.7. The number of imidazole rings is 1. The summed E-state index contributed by atoms with van der Waals surface area (Å²) in [4.78, 5) is 43.7. The van der Waals surface area contributed by atoms with Gasteiger partial charge in [-0.1, -0.05) is 48.5 Å². The van der Waals surface area contributed by atoms with Crippen LogP contribution in [0.2, 0.25) is 0 Å². The maximum Gasteiger partial charge on any atom is 0.364 e. The van der Waals surface area contributed by atoms with E-state index in [0.717, 1.165) is 5.56 Å². The summed E-state index contributed by atoms with van der Waals surface area (Å²) >= 11 is 0. The topological polar surface area (TPSA) is 172 Å². The van der Waals surface area contributed by atoms with Gasteiger partial charge in [0.2, 0.25) is 6.29 Å². The number of fused-ring (bicyclic) bond motifs is 1. The molecule has 1 amide bonds. The van der Waals surface area contributed by atoms with E-state index in [1.165, 1.54) is 19.2 Å². The second-order valence-corrected chi connectivity index (χ2v) is 12.5. The summed E-state index contributed by atoms with van der Waals surface area (Å²) in [6.45, 7) is 7.09. The Hall–Kier alpha value is -5.50. The fraction of sp³-hybridized carbons (Fsp3) is 0.297. The lowest BCUT2D eigenvalue weighted by molar-refractivity contribution is -0.305. The third kappa shape index (κ3) is 6.58. The lowest BCUT2D eigenvalue weighted by Gasteiger charge is -2.47. The van der Waals surface area contributed by atoms with Gasteiger partial charge in [-0.25, -0.2) is 14.6 Å². The highest BCUT2D eigenvalue weighted by Crippen LogP contribution is 2.39. The van der Waals surface area contributed by atoms with Crippen LogP contribution in [0.5, 0.6) is 11.5 Å². The molecule has 13 nitrogen and oxygen atoms in total. The number of esters is 1. The fourth-order valence-corrected chi connectivity index (χ4v) is 6.14. The first kappa shape index (κ1) is 34.4. The summed E-state index contributed by atoms with van der Waals surface area (Å²) in [7, 11) is 1.42. The Bertz CT molecular complexity index is 2090. The Morgan fingerprint density at radius 3 is 2.38 bits per heavy atom. The summed E-state index contributed by atoms with van der Waals surface area (Å²) in [5.74, 6) is -1.65. The van der Waals surface area contributed by atoms with Crippen molar-refractivity contribution in [2.75, 3.05) is 12.4 Å². The largest absolute Gasteiger partial charge is 0.505 e. The van der Waals surface area contributed by atoms with E-state index in [2.05, 4.69) is 10.3 Å². The number of aliphatic hydroxyl groups excluding tert-OH is 1. The first-order valence-electron chi connectivity index (χ1n) is 15.9. The van der Waals surface area contributed by atoms with Gasteiger partial charge in [0, 0.05) is 24.8 Å². The molecule has 0 bridgehead atoms. The number of ether oxygens (including phenoxy) is 4. The van der Waals surface area contributed by atoms with E-state index >= 15 is 0 Å². The van der Waals surface area contributed by atoms with Crippen LogP contribution >= 0.6 is 0 Å². The molecule has 4 unspecified atom stereocenters. The molecule has 0 saturated carbocycles. The van der Waals surface area contributed by atoms with E-state index in [9.17, 15) is 24.6 Å². The molecule has 0 spiro atoms. The van der Waals surface area contributed by atoms with Crippen molar-refractivity contribution in [3.05, 3.63) is 118 Å². The lowest BCUT2D eigenvalue weighted by Crippen LogP contribution is -2.65. The first-order valence-corrected chi connectivity index (χ1v) is 15.9. The fourth-order valence-electron chi connectivity index (χ4n) is 6.14. The number of carbonyl (C=O) groups excluding carboxylic acids is 2. The van der Waals surface area contributed by atoms with Gasteiger partial charge in [0.1, 0.15) is 17.4 Å². The maximum absolute atomic E-state index is 13.7. The van der Waals surface area contributed by atoms with Gasteiger partial charge >= 0.3 is 11.6 Å². The summed E-state index contributed by atoms with van der Waals surface area (Å²) in [5, 5.41) is 25.1. The minimum absolute atomic E-state index is 0.00725. The molecule has 5 aromatic rings. The molecule has 50 heavy (non-hydrogen) atoms. The third-order valence-electron chi connectivity index (χ3n) is 8.69. The van der Waals surface area contributed by atoms with Crippen molar-refractivity contribution in [3.8, 4) is 11.5 Å². The molecular formula is C37H37N3O10. The van der Waals surface area contributed by atoms with Gasteiger partial charge < -0.3 is 43.5 Å². The number of aryl methyl sites for hydroxylation is 2. The van der Waals surface area contributed by atoms with Crippen LogP contribution < -0.4 is 15.7 Å². The summed E-state index contributed by atoms with van der Waals surface area (Å²) in [6.07, 6.45) is -3.48. The van der Waals surface area contributed by atoms with Crippen LogP contribution in [0.4, 0.5) is 5.69 Å². The van der Waals surface area contributed by atoms with E-state index in [1.807, 2.05) is 30.3 Å². The zero-order valence-corrected chi connectivity index (χ0v) is 28.1. The van der Waals surface area contributed by atoms with Crippen LogP contribution in [0.1, 0.15) is 51.5 Å². The number of rotatable bonds is 9.